The Morgan fingerprint density at radius 1 is 0.765 bits per heavy atom. The molecule has 2 saturated carbocycles. The maximum absolute atomic E-state index is 15.3. The van der Waals surface area contributed by atoms with Crippen molar-refractivity contribution in [3.05, 3.63) is 127 Å². The van der Waals surface area contributed by atoms with Gasteiger partial charge in [-0.2, -0.15) is 4.15 Å². The van der Waals surface area contributed by atoms with Gasteiger partial charge in [0.1, 0.15) is 0 Å². The zero-order valence-electron chi connectivity index (χ0n) is 31.1. The van der Waals surface area contributed by atoms with Gasteiger partial charge < -0.3 is 4.43 Å². The molecule has 0 saturated heterocycles. The van der Waals surface area contributed by atoms with E-state index in [1.165, 1.54) is 0 Å². The zero-order chi connectivity index (χ0) is 36.3. The molecule has 4 nitrogen and oxygen atoms in total. The van der Waals surface area contributed by atoms with Gasteiger partial charge in [0.25, 0.3) is 10.0 Å². The van der Waals surface area contributed by atoms with Crippen molar-refractivity contribution in [1.29, 1.82) is 0 Å². The number of hydrogen-bond acceptors (Lipinski definition) is 3. The van der Waals surface area contributed by atoms with Gasteiger partial charge in [-0.05, 0) is 70.6 Å². The molecule has 0 spiro atoms. The molecule has 4 atom stereocenters. The number of fused-ring (bicyclic) bond motifs is 3. The minimum absolute atomic E-state index is 0.00968. The van der Waals surface area contributed by atoms with Gasteiger partial charge in [-0.3, -0.25) is 0 Å². The van der Waals surface area contributed by atoms with Crippen LogP contribution in [0.25, 0.3) is 21.9 Å². The highest BCUT2D eigenvalue weighted by Crippen LogP contribution is 2.68. The number of benzene rings is 5. The summed E-state index contributed by atoms with van der Waals surface area (Å²) in [5.74, 6) is 0.421. The van der Waals surface area contributed by atoms with Gasteiger partial charge in [0.05, 0.1) is 18.9 Å². The number of rotatable bonds is 9. The first-order valence-corrected chi connectivity index (χ1v) is 24.6. The van der Waals surface area contributed by atoms with Crippen molar-refractivity contribution in [2.75, 3.05) is 5.75 Å². The number of nitrogens with zero attached hydrogens (tertiary/aromatic N) is 1. The third kappa shape index (κ3) is 6.20. The summed E-state index contributed by atoms with van der Waals surface area (Å²) < 4.78 is 43.3. The molecule has 2 aliphatic carbocycles. The Kier molecular flexibility index (Phi) is 9.19. The summed E-state index contributed by atoms with van der Waals surface area (Å²) in [6.07, 6.45) is 2.68. The first kappa shape index (κ1) is 36.1. The minimum atomic E-state index is -4.03. The van der Waals surface area contributed by atoms with Gasteiger partial charge in [-0.15, -0.1) is 0 Å². The second-order valence-corrected chi connectivity index (χ2v) is 26.6. The van der Waals surface area contributed by atoms with E-state index in [0.29, 0.717) is 5.92 Å². The molecule has 0 heterocycles. The monoisotopic (exact) mass is 733 g/mol. The van der Waals surface area contributed by atoms with Crippen molar-refractivity contribution in [2.45, 2.75) is 78.1 Å². The lowest BCUT2D eigenvalue weighted by molar-refractivity contribution is 0.0237. The van der Waals surface area contributed by atoms with E-state index < -0.39 is 30.8 Å². The second kappa shape index (κ2) is 13.0. The topological polar surface area (TPSA) is 55.7 Å². The van der Waals surface area contributed by atoms with Gasteiger partial charge in [0.15, 0.2) is 8.32 Å². The predicted molar refractivity (Wildman–Crippen MR) is 220 cm³/mol. The highest BCUT2D eigenvalue weighted by atomic mass is 32.2. The summed E-state index contributed by atoms with van der Waals surface area (Å²) in [6.45, 7) is 16.0. The van der Waals surface area contributed by atoms with E-state index in [1.54, 1.807) is 0 Å². The molecule has 0 N–H and O–H groups in total. The largest absolute Gasteiger partial charge is 0.413 e. The summed E-state index contributed by atoms with van der Waals surface area (Å²) in [6, 6.07) is 43.6. The molecule has 5 aromatic carbocycles. The lowest BCUT2D eigenvalue weighted by atomic mass is 9.70. The van der Waals surface area contributed by atoms with Crippen molar-refractivity contribution >= 4 is 52.1 Å². The molecule has 5 aromatic rings. The van der Waals surface area contributed by atoms with E-state index in [1.807, 2.05) is 48.5 Å². The van der Waals surface area contributed by atoms with Crippen LogP contribution in [0.15, 0.2) is 132 Å². The van der Waals surface area contributed by atoms with Crippen LogP contribution in [-0.4, -0.2) is 28.6 Å². The molecule has 7 rings (SSSR count). The molecular weight excluding hydrogens is 682 g/mol. The first-order chi connectivity index (χ1) is 24.1. The maximum Gasteiger partial charge on any atom is 0.253 e. The fraction of sp³-hybridized carbons (Fsp3) is 0.364. The Morgan fingerprint density at radius 3 is 1.98 bits per heavy atom. The van der Waals surface area contributed by atoms with Crippen LogP contribution in [0.2, 0.25) is 18.1 Å². The first-order valence-electron chi connectivity index (χ1n) is 18.3. The summed E-state index contributed by atoms with van der Waals surface area (Å²) in [7, 11) is -9.35. The molecular formula is C44H52NO3PSSi. The van der Waals surface area contributed by atoms with E-state index in [9.17, 15) is 0 Å². The lowest BCUT2D eigenvalue weighted by Crippen LogP contribution is -2.52. The smallest absolute Gasteiger partial charge is 0.253 e. The number of sulfonamides is 1. The SMILES string of the molecule is CC1(C)C2CCC1(CS(=O)(=O)N=P(c1ccccc1)(c1ccc(-c3ccccc3)cc1)c1cccc3ccccc13)[C@H](O[Si](C)(C)C(C)(C)C)C2. The minimum Gasteiger partial charge on any atom is -0.413 e. The average Bonchev–Trinajstić information content (AvgIpc) is 3.45. The van der Waals surface area contributed by atoms with Crippen LogP contribution in [0.5, 0.6) is 0 Å². The fourth-order valence-corrected chi connectivity index (χ4v) is 17.2. The molecule has 2 aliphatic rings. The maximum atomic E-state index is 15.3. The molecule has 266 valence electrons. The van der Waals surface area contributed by atoms with E-state index in [2.05, 4.69) is 127 Å². The van der Waals surface area contributed by atoms with Crippen LogP contribution >= 0.6 is 7.05 Å². The summed E-state index contributed by atoms with van der Waals surface area (Å²) >= 11 is 0. The Labute approximate surface area is 306 Å². The molecule has 0 aliphatic heterocycles. The van der Waals surface area contributed by atoms with Gasteiger partial charge in [0, 0.05) is 21.3 Å². The Balaban J connectivity index is 1.47. The third-order valence-corrected chi connectivity index (χ3v) is 23.4. The van der Waals surface area contributed by atoms with Gasteiger partial charge >= 0.3 is 0 Å². The van der Waals surface area contributed by atoms with Crippen molar-refractivity contribution in [3.8, 4) is 11.1 Å². The molecule has 2 fully saturated rings. The van der Waals surface area contributed by atoms with Crippen molar-refractivity contribution in [1.82, 2.24) is 0 Å². The van der Waals surface area contributed by atoms with Crippen molar-refractivity contribution in [3.63, 3.8) is 0 Å². The van der Waals surface area contributed by atoms with Crippen LogP contribution in [0, 0.1) is 16.7 Å². The van der Waals surface area contributed by atoms with Crippen LogP contribution in [0.4, 0.5) is 0 Å². The van der Waals surface area contributed by atoms with Crippen LogP contribution < -0.4 is 15.9 Å². The molecule has 51 heavy (non-hydrogen) atoms. The van der Waals surface area contributed by atoms with Gasteiger partial charge in [-0.1, -0.05) is 162 Å². The highest BCUT2D eigenvalue weighted by Gasteiger charge is 2.67. The van der Waals surface area contributed by atoms with Crippen LogP contribution in [0.3, 0.4) is 0 Å². The summed E-state index contributed by atoms with van der Waals surface area (Å²) in [5.41, 5.74) is 1.50. The molecule has 3 unspecified atom stereocenters. The van der Waals surface area contributed by atoms with Crippen molar-refractivity contribution < 1.29 is 12.8 Å². The Hall–Kier alpha value is -3.28. The lowest BCUT2D eigenvalue weighted by Gasteiger charge is -2.47. The molecule has 2 bridgehead atoms. The van der Waals surface area contributed by atoms with Gasteiger partial charge in [0.2, 0.25) is 0 Å². The summed E-state index contributed by atoms with van der Waals surface area (Å²) in [4.78, 5) is 0. The standard InChI is InChI=1S/C44H52NO3PSSi/c1-42(2,3)51(6,7)48-41-31-36-29-30-44(41,43(36,4)5)32-50(46,47)45-49(37-21-12-9-13-22-37,40-24-16-20-35-19-14-15-23-39(35)40)38-27-25-34(26-28-38)33-17-10-8-11-18-33/h8-28,36,41H,29-32H2,1-7H3/t36?,41-,44?,49?/m1/s1. The summed E-state index contributed by atoms with van der Waals surface area (Å²) in [5, 5.41) is 4.94. The molecule has 0 radical (unpaired) electrons. The van der Waals surface area contributed by atoms with E-state index >= 15 is 8.42 Å². The van der Waals surface area contributed by atoms with Crippen LogP contribution in [-0.2, 0) is 14.4 Å². The normalized spacial score (nSPS) is 22.9. The molecule has 7 heteroatoms. The van der Waals surface area contributed by atoms with E-state index in [0.717, 1.165) is 57.1 Å². The van der Waals surface area contributed by atoms with E-state index in [4.69, 9.17) is 8.58 Å². The molecule has 0 aromatic heterocycles. The predicted octanol–water partition coefficient (Wildman–Crippen LogP) is 10.5. The zero-order valence-corrected chi connectivity index (χ0v) is 33.8. The fourth-order valence-electron chi connectivity index (χ4n) is 8.78. The number of hydrogen-bond donors (Lipinski definition) is 0. The highest BCUT2D eigenvalue weighted by molar-refractivity contribution is 7.99. The molecule has 0 amide bonds. The third-order valence-electron chi connectivity index (χ3n) is 12.9. The Morgan fingerprint density at radius 2 is 1.33 bits per heavy atom. The van der Waals surface area contributed by atoms with Crippen LogP contribution in [0.1, 0.15) is 53.9 Å². The Bertz CT molecular complexity index is 2210. The average molecular weight is 734 g/mol. The second-order valence-electron chi connectivity index (χ2n) is 16.9. The van der Waals surface area contributed by atoms with Gasteiger partial charge in [-0.25, -0.2) is 8.42 Å². The van der Waals surface area contributed by atoms with E-state index in [-0.39, 0.29) is 22.3 Å². The quantitative estimate of drug-likeness (QED) is 0.112. The van der Waals surface area contributed by atoms with Crippen molar-refractivity contribution in [2.24, 2.45) is 20.9 Å².